The van der Waals surface area contributed by atoms with Crippen molar-refractivity contribution >= 4 is 17.3 Å². The molecule has 1 fully saturated rings. The smallest absolute Gasteiger partial charge is 0.138 e. The molecule has 106 valence electrons. The van der Waals surface area contributed by atoms with Crippen LogP contribution in [0.2, 0.25) is 5.02 Å². The van der Waals surface area contributed by atoms with Crippen molar-refractivity contribution in [3.05, 3.63) is 23.2 Å². The van der Waals surface area contributed by atoms with Gasteiger partial charge in [0.05, 0.1) is 11.6 Å². The van der Waals surface area contributed by atoms with Crippen molar-refractivity contribution in [3.8, 4) is 5.75 Å². The van der Waals surface area contributed by atoms with Crippen LogP contribution in [0, 0.1) is 5.41 Å². The fourth-order valence-electron chi connectivity index (χ4n) is 2.83. The highest BCUT2D eigenvalue weighted by Gasteiger charge is 2.31. The normalized spacial score (nSPS) is 22.0. The minimum atomic E-state index is 0.351. The standard InChI is InChI=1S/C16H24ClNO/c1-4-19-14-9-8-12(11-13(14)17)18-15-7-5-6-10-16(15,2)3/h8-9,11,15,18H,4-7,10H2,1-3H3. The monoisotopic (exact) mass is 281 g/mol. The SMILES string of the molecule is CCOc1ccc(NC2CCCCC2(C)C)cc1Cl. The fourth-order valence-corrected chi connectivity index (χ4v) is 3.06. The average molecular weight is 282 g/mol. The molecule has 1 N–H and O–H groups in total. The van der Waals surface area contributed by atoms with Crippen LogP contribution in [0.3, 0.4) is 0 Å². The lowest BCUT2D eigenvalue weighted by molar-refractivity contribution is 0.217. The van der Waals surface area contributed by atoms with Gasteiger partial charge in [-0.15, -0.1) is 0 Å². The van der Waals surface area contributed by atoms with Gasteiger partial charge >= 0.3 is 0 Å². The van der Waals surface area contributed by atoms with Gasteiger partial charge in [-0.3, -0.25) is 0 Å². The maximum absolute atomic E-state index is 6.23. The molecule has 2 nitrogen and oxygen atoms in total. The van der Waals surface area contributed by atoms with Gasteiger partial charge in [-0.1, -0.05) is 38.3 Å². The summed E-state index contributed by atoms with van der Waals surface area (Å²) in [6, 6.07) is 6.50. The van der Waals surface area contributed by atoms with E-state index in [0.717, 1.165) is 11.4 Å². The number of hydrogen-bond donors (Lipinski definition) is 1. The second-order valence-corrected chi connectivity index (χ2v) is 6.42. The topological polar surface area (TPSA) is 21.3 Å². The van der Waals surface area contributed by atoms with Crippen molar-refractivity contribution in [1.82, 2.24) is 0 Å². The molecule has 1 unspecified atom stereocenters. The number of rotatable bonds is 4. The van der Waals surface area contributed by atoms with Gasteiger partial charge in [-0.25, -0.2) is 0 Å². The minimum absolute atomic E-state index is 0.351. The predicted molar refractivity (Wildman–Crippen MR) is 82.3 cm³/mol. The van der Waals surface area contributed by atoms with E-state index in [4.69, 9.17) is 16.3 Å². The van der Waals surface area contributed by atoms with E-state index < -0.39 is 0 Å². The van der Waals surface area contributed by atoms with Gasteiger partial charge in [0.1, 0.15) is 5.75 Å². The minimum Gasteiger partial charge on any atom is -0.492 e. The number of benzene rings is 1. The summed E-state index contributed by atoms with van der Waals surface area (Å²) in [6.45, 7) is 7.30. The van der Waals surface area contributed by atoms with E-state index in [1.54, 1.807) is 0 Å². The van der Waals surface area contributed by atoms with Gasteiger partial charge in [0.15, 0.2) is 0 Å². The third-order valence-electron chi connectivity index (χ3n) is 4.08. The Hall–Kier alpha value is -0.890. The van der Waals surface area contributed by atoms with Crippen LogP contribution < -0.4 is 10.1 Å². The molecule has 1 aliphatic carbocycles. The first-order chi connectivity index (χ1) is 9.03. The molecule has 0 heterocycles. The maximum Gasteiger partial charge on any atom is 0.138 e. The summed E-state index contributed by atoms with van der Waals surface area (Å²) in [5, 5.41) is 4.32. The van der Waals surface area contributed by atoms with Crippen molar-refractivity contribution in [2.75, 3.05) is 11.9 Å². The van der Waals surface area contributed by atoms with Gasteiger partial charge in [0.2, 0.25) is 0 Å². The van der Waals surface area contributed by atoms with Crippen molar-refractivity contribution in [2.24, 2.45) is 5.41 Å². The summed E-state index contributed by atoms with van der Waals surface area (Å²) in [5.74, 6) is 0.762. The van der Waals surface area contributed by atoms with Gasteiger partial charge in [-0.05, 0) is 43.4 Å². The molecule has 0 amide bonds. The van der Waals surface area contributed by atoms with Crippen LogP contribution in [-0.2, 0) is 0 Å². The third kappa shape index (κ3) is 3.56. The Kier molecular flexibility index (Phi) is 4.62. The Balaban J connectivity index is 2.08. The second kappa shape index (κ2) is 6.04. The van der Waals surface area contributed by atoms with Gasteiger partial charge in [0.25, 0.3) is 0 Å². The Morgan fingerprint density at radius 3 is 2.79 bits per heavy atom. The molecular weight excluding hydrogens is 258 g/mol. The Bertz CT molecular complexity index is 431. The predicted octanol–water partition coefficient (Wildman–Crippen LogP) is 5.12. The zero-order valence-corrected chi connectivity index (χ0v) is 12.9. The first kappa shape index (κ1) is 14.5. The summed E-state index contributed by atoms with van der Waals surface area (Å²) in [4.78, 5) is 0. The first-order valence-corrected chi connectivity index (χ1v) is 7.59. The molecule has 1 aromatic rings. The number of ether oxygens (including phenoxy) is 1. The largest absolute Gasteiger partial charge is 0.492 e. The second-order valence-electron chi connectivity index (χ2n) is 6.01. The van der Waals surface area contributed by atoms with E-state index in [2.05, 4.69) is 25.2 Å². The molecule has 0 spiro atoms. The summed E-state index contributed by atoms with van der Waals surface area (Å²) in [6.07, 6.45) is 5.17. The highest BCUT2D eigenvalue weighted by Crippen LogP contribution is 2.38. The van der Waals surface area contributed by atoms with E-state index in [9.17, 15) is 0 Å². The summed E-state index contributed by atoms with van der Waals surface area (Å²) in [7, 11) is 0. The van der Waals surface area contributed by atoms with Crippen molar-refractivity contribution < 1.29 is 4.74 Å². The lowest BCUT2D eigenvalue weighted by atomic mass is 9.73. The lowest BCUT2D eigenvalue weighted by Crippen LogP contribution is -2.38. The maximum atomic E-state index is 6.23. The molecule has 0 saturated heterocycles. The van der Waals surface area contributed by atoms with Crippen LogP contribution in [0.5, 0.6) is 5.75 Å². The number of nitrogens with one attached hydrogen (secondary N) is 1. The quantitative estimate of drug-likeness (QED) is 0.827. The van der Waals surface area contributed by atoms with Crippen LogP contribution in [0.1, 0.15) is 46.5 Å². The number of halogens is 1. The van der Waals surface area contributed by atoms with E-state index >= 15 is 0 Å². The summed E-state index contributed by atoms with van der Waals surface area (Å²) in [5.41, 5.74) is 1.44. The molecule has 0 bridgehead atoms. The molecule has 0 aromatic heterocycles. The Morgan fingerprint density at radius 1 is 1.37 bits per heavy atom. The molecule has 19 heavy (non-hydrogen) atoms. The van der Waals surface area contributed by atoms with Crippen molar-refractivity contribution in [1.29, 1.82) is 0 Å². The molecule has 0 radical (unpaired) electrons. The van der Waals surface area contributed by atoms with E-state index in [0.29, 0.717) is 23.1 Å². The molecule has 1 aromatic carbocycles. The zero-order chi connectivity index (χ0) is 13.9. The van der Waals surface area contributed by atoms with E-state index in [-0.39, 0.29) is 0 Å². The third-order valence-corrected chi connectivity index (χ3v) is 4.38. The molecule has 1 saturated carbocycles. The van der Waals surface area contributed by atoms with Gasteiger partial charge < -0.3 is 10.1 Å². The van der Waals surface area contributed by atoms with E-state index in [1.807, 2.05) is 19.1 Å². The van der Waals surface area contributed by atoms with Gasteiger partial charge in [0, 0.05) is 11.7 Å². The zero-order valence-electron chi connectivity index (χ0n) is 12.1. The van der Waals surface area contributed by atoms with Crippen LogP contribution in [-0.4, -0.2) is 12.6 Å². The van der Waals surface area contributed by atoms with Crippen LogP contribution >= 0.6 is 11.6 Å². The fraction of sp³-hybridized carbons (Fsp3) is 0.625. The Morgan fingerprint density at radius 2 is 2.16 bits per heavy atom. The molecule has 1 atom stereocenters. The summed E-state index contributed by atoms with van der Waals surface area (Å²) < 4.78 is 5.46. The van der Waals surface area contributed by atoms with E-state index in [1.165, 1.54) is 25.7 Å². The van der Waals surface area contributed by atoms with Crippen LogP contribution in [0.15, 0.2) is 18.2 Å². The van der Waals surface area contributed by atoms with Crippen molar-refractivity contribution in [2.45, 2.75) is 52.5 Å². The molecule has 1 aliphatic rings. The van der Waals surface area contributed by atoms with Crippen LogP contribution in [0.4, 0.5) is 5.69 Å². The summed E-state index contributed by atoms with van der Waals surface area (Å²) >= 11 is 6.23. The number of anilines is 1. The highest BCUT2D eigenvalue weighted by molar-refractivity contribution is 6.32. The Labute approximate surface area is 121 Å². The molecule has 0 aliphatic heterocycles. The number of hydrogen-bond acceptors (Lipinski definition) is 2. The highest BCUT2D eigenvalue weighted by atomic mass is 35.5. The lowest BCUT2D eigenvalue weighted by Gasteiger charge is -2.39. The molecule has 2 rings (SSSR count). The molecular formula is C16H24ClNO. The first-order valence-electron chi connectivity index (χ1n) is 7.22. The average Bonchev–Trinajstić information content (AvgIpc) is 2.35. The molecule has 3 heteroatoms. The van der Waals surface area contributed by atoms with Crippen LogP contribution in [0.25, 0.3) is 0 Å². The van der Waals surface area contributed by atoms with Crippen molar-refractivity contribution in [3.63, 3.8) is 0 Å². The van der Waals surface area contributed by atoms with Gasteiger partial charge in [-0.2, -0.15) is 0 Å².